The fourth-order valence-electron chi connectivity index (χ4n) is 11.0. The molecule has 0 heterocycles. The molecule has 37 heavy (non-hydrogen) atoms. The molecule has 0 spiro atoms. The summed E-state index contributed by atoms with van der Waals surface area (Å²) in [5.41, 5.74) is -0.280. The van der Waals surface area contributed by atoms with Crippen LogP contribution in [0.4, 0.5) is 0 Å². The van der Waals surface area contributed by atoms with Gasteiger partial charge < -0.3 is 9.84 Å². The van der Waals surface area contributed by atoms with E-state index in [1.54, 1.807) is 6.92 Å². The fourth-order valence-corrected chi connectivity index (χ4v) is 11.0. The first-order valence-corrected chi connectivity index (χ1v) is 14.7. The minimum atomic E-state index is -1.20. The molecule has 0 amide bonds. The van der Waals surface area contributed by atoms with E-state index in [-0.39, 0.29) is 33.9 Å². The zero-order chi connectivity index (χ0) is 27.3. The summed E-state index contributed by atoms with van der Waals surface area (Å²) in [6, 6.07) is 0. The van der Waals surface area contributed by atoms with Gasteiger partial charge in [0.15, 0.2) is 5.78 Å². The number of aliphatic carboxylic acids is 1. The Balaban J connectivity index is 1.62. The van der Waals surface area contributed by atoms with Crippen molar-refractivity contribution in [2.24, 2.45) is 56.7 Å². The zero-order valence-electron chi connectivity index (χ0n) is 24.3. The van der Waals surface area contributed by atoms with Crippen molar-refractivity contribution in [1.82, 2.24) is 0 Å². The summed E-state index contributed by atoms with van der Waals surface area (Å²) >= 11 is 0. The van der Waals surface area contributed by atoms with Gasteiger partial charge in [0.2, 0.25) is 0 Å². The molecule has 0 aliphatic heterocycles. The van der Waals surface area contributed by atoms with Crippen LogP contribution in [0.25, 0.3) is 0 Å². The predicted molar refractivity (Wildman–Crippen MR) is 143 cm³/mol. The lowest BCUT2D eigenvalue weighted by molar-refractivity contribution is -0.220. The molecule has 1 N–H and O–H groups in total. The molecule has 206 valence electrons. The van der Waals surface area contributed by atoms with E-state index in [1.165, 1.54) is 31.8 Å². The van der Waals surface area contributed by atoms with Gasteiger partial charge in [0.25, 0.3) is 0 Å². The highest BCUT2D eigenvalue weighted by Gasteiger charge is 2.72. The van der Waals surface area contributed by atoms with E-state index in [0.29, 0.717) is 30.6 Å². The largest absolute Gasteiger partial charge is 0.481 e. The van der Waals surface area contributed by atoms with Crippen molar-refractivity contribution in [3.8, 4) is 0 Å². The summed E-state index contributed by atoms with van der Waals surface area (Å²) in [7, 11) is 0. The first-order valence-electron chi connectivity index (χ1n) is 14.7. The van der Waals surface area contributed by atoms with E-state index < -0.39 is 28.9 Å². The first kappa shape index (κ1) is 26.9. The smallest absolute Gasteiger partial charge is 0.313 e. The SMILES string of the molecule is CC(=O)O[C@H]1CC[C@@]2(C)[C@@H](CC[C@]3(C)[C@@H]2C(=O)C=C2[C@@H]4[C@@H](C)[C@H](C)CC[C@]4(C)CC[C@]23C)[C@@]1(C)C(=O)O. The van der Waals surface area contributed by atoms with Crippen molar-refractivity contribution in [3.05, 3.63) is 11.6 Å². The lowest BCUT2D eigenvalue weighted by atomic mass is 9.33. The average molecular weight is 513 g/mol. The van der Waals surface area contributed by atoms with E-state index in [2.05, 4.69) is 47.6 Å². The van der Waals surface area contributed by atoms with Crippen LogP contribution in [-0.4, -0.2) is 28.9 Å². The number of carbonyl (C=O) groups excluding carboxylic acids is 2. The molecule has 0 radical (unpaired) electrons. The lowest BCUT2D eigenvalue weighted by Gasteiger charge is -2.70. The second-order valence-corrected chi connectivity index (χ2v) is 15.0. The summed E-state index contributed by atoms with van der Waals surface area (Å²) in [4.78, 5) is 39.1. The van der Waals surface area contributed by atoms with Crippen LogP contribution in [0.15, 0.2) is 11.6 Å². The quantitative estimate of drug-likeness (QED) is 0.410. The summed E-state index contributed by atoms with van der Waals surface area (Å²) < 4.78 is 5.63. The first-order chi connectivity index (χ1) is 17.1. The Hall–Kier alpha value is -1.65. The Labute approximate surface area is 223 Å². The molecule has 0 bridgehead atoms. The molecule has 5 aliphatic carbocycles. The number of ether oxygens (including phenoxy) is 1. The van der Waals surface area contributed by atoms with Crippen molar-refractivity contribution in [2.75, 3.05) is 0 Å². The Morgan fingerprint density at radius 1 is 0.946 bits per heavy atom. The third-order valence-electron chi connectivity index (χ3n) is 13.5. The van der Waals surface area contributed by atoms with Gasteiger partial charge in [0.05, 0.1) is 0 Å². The summed E-state index contributed by atoms with van der Waals surface area (Å²) in [5, 5.41) is 10.5. The molecule has 0 aromatic rings. The zero-order valence-corrected chi connectivity index (χ0v) is 24.3. The molecule has 5 rings (SSSR count). The summed E-state index contributed by atoms with van der Waals surface area (Å²) in [5.74, 6) is 0.0756. The van der Waals surface area contributed by atoms with E-state index in [1.807, 2.05) is 0 Å². The third-order valence-corrected chi connectivity index (χ3v) is 13.5. The molecule has 4 fully saturated rings. The van der Waals surface area contributed by atoms with Crippen LogP contribution in [0.2, 0.25) is 0 Å². The normalized spacial score (nSPS) is 53.1. The highest BCUT2D eigenvalue weighted by atomic mass is 16.5. The number of rotatable bonds is 2. The maximum atomic E-state index is 14.4. The second kappa shape index (κ2) is 8.18. The number of hydrogen-bond acceptors (Lipinski definition) is 4. The van der Waals surface area contributed by atoms with Crippen molar-refractivity contribution in [2.45, 2.75) is 113 Å². The van der Waals surface area contributed by atoms with E-state index in [4.69, 9.17) is 4.74 Å². The minimum absolute atomic E-state index is 0.0680. The summed E-state index contributed by atoms with van der Waals surface area (Å²) in [6.07, 6.45) is 8.96. The molecule has 0 aromatic carbocycles. The van der Waals surface area contributed by atoms with Crippen LogP contribution in [0.5, 0.6) is 0 Å². The predicted octanol–water partition coefficient (Wildman–Crippen LogP) is 6.84. The Morgan fingerprint density at radius 3 is 2.24 bits per heavy atom. The number of fused-ring (bicyclic) bond motifs is 7. The Kier molecular flexibility index (Phi) is 5.95. The highest BCUT2D eigenvalue weighted by Crippen LogP contribution is 2.75. The summed E-state index contributed by atoms with van der Waals surface area (Å²) in [6.45, 7) is 17.4. The van der Waals surface area contributed by atoms with Gasteiger partial charge in [-0.05, 0) is 110 Å². The van der Waals surface area contributed by atoms with E-state index in [0.717, 1.165) is 19.3 Å². The van der Waals surface area contributed by atoms with Gasteiger partial charge in [0.1, 0.15) is 11.5 Å². The van der Waals surface area contributed by atoms with Gasteiger partial charge in [-0.15, -0.1) is 0 Å². The van der Waals surface area contributed by atoms with Gasteiger partial charge in [-0.1, -0.05) is 47.1 Å². The van der Waals surface area contributed by atoms with Gasteiger partial charge in [-0.25, -0.2) is 0 Å². The van der Waals surface area contributed by atoms with Gasteiger partial charge in [0, 0.05) is 12.8 Å². The van der Waals surface area contributed by atoms with Crippen LogP contribution in [0.1, 0.15) is 107 Å². The average Bonchev–Trinajstić information content (AvgIpc) is 2.79. The monoisotopic (exact) mass is 512 g/mol. The number of carboxylic acid groups (broad SMARTS) is 1. The number of carbonyl (C=O) groups is 3. The number of hydrogen-bond donors (Lipinski definition) is 1. The van der Waals surface area contributed by atoms with Gasteiger partial charge in [-0.2, -0.15) is 0 Å². The van der Waals surface area contributed by atoms with Crippen molar-refractivity contribution >= 4 is 17.7 Å². The van der Waals surface area contributed by atoms with Gasteiger partial charge >= 0.3 is 11.9 Å². The fraction of sp³-hybridized carbons (Fsp3) is 0.844. The van der Waals surface area contributed by atoms with Crippen LogP contribution in [0.3, 0.4) is 0 Å². The van der Waals surface area contributed by atoms with Gasteiger partial charge in [-0.3, -0.25) is 14.4 Å². The molecule has 5 aliphatic rings. The van der Waals surface area contributed by atoms with Crippen LogP contribution < -0.4 is 0 Å². The van der Waals surface area contributed by atoms with Crippen molar-refractivity contribution in [3.63, 3.8) is 0 Å². The maximum absolute atomic E-state index is 14.4. The standard InChI is InChI=1S/C32H48O5/c1-18-9-12-28(4)15-16-30(6)21(25(28)19(18)2)17-22(34)26-29(5)13-11-24(37-20(3)33)32(8,27(35)36)23(29)10-14-31(26,30)7/h17-19,23-26H,9-16H2,1-8H3,(H,35,36)/t18-,19+,23-,24+,25+,26-,28-,29+,30-,31-,32-/m1/s1. The number of carboxylic acids is 1. The van der Waals surface area contributed by atoms with Crippen LogP contribution in [-0.2, 0) is 19.1 Å². The Morgan fingerprint density at radius 2 is 1.62 bits per heavy atom. The lowest BCUT2D eigenvalue weighted by Crippen LogP contribution is -2.68. The molecule has 0 aromatic heterocycles. The molecule has 5 heteroatoms. The van der Waals surface area contributed by atoms with Crippen LogP contribution >= 0.6 is 0 Å². The molecule has 11 atom stereocenters. The van der Waals surface area contributed by atoms with Crippen molar-refractivity contribution < 1.29 is 24.2 Å². The van der Waals surface area contributed by atoms with E-state index >= 15 is 0 Å². The highest BCUT2D eigenvalue weighted by molar-refractivity contribution is 5.96. The molecule has 5 nitrogen and oxygen atoms in total. The minimum Gasteiger partial charge on any atom is -0.481 e. The number of allylic oxidation sites excluding steroid dienone is 2. The molecular formula is C32H48O5. The topological polar surface area (TPSA) is 80.7 Å². The van der Waals surface area contributed by atoms with Crippen molar-refractivity contribution in [1.29, 1.82) is 0 Å². The molecular weight excluding hydrogens is 464 g/mol. The Bertz CT molecular complexity index is 1060. The third kappa shape index (κ3) is 3.30. The molecule has 4 saturated carbocycles. The number of esters is 1. The molecule has 0 unspecified atom stereocenters. The van der Waals surface area contributed by atoms with Crippen LogP contribution in [0, 0.1) is 56.7 Å². The number of ketones is 1. The maximum Gasteiger partial charge on any atom is 0.313 e. The molecule has 0 saturated heterocycles. The second-order valence-electron chi connectivity index (χ2n) is 15.0. The van der Waals surface area contributed by atoms with E-state index in [9.17, 15) is 19.5 Å².